The lowest BCUT2D eigenvalue weighted by Crippen LogP contribution is -2.53. The molecular weight excluding hydrogens is 390 g/mol. The molecule has 3 fully saturated rings. The lowest BCUT2D eigenvalue weighted by molar-refractivity contribution is -0.127. The van der Waals surface area contributed by atoms with Gasteiger partial charge in [-0.1, -0.05) is 44.2 Å². The lowest BCUT2D eigenvalue weighted by Gasteiger charge is -2.36. The molecule has 0 bridgehead atoms. The molecule has 2 saturated carbocycles. The molecule has 0 radical (unpaired) electrons. The van der Waals surface area contributed by atoms with E-state index in [9.17, 15) is 9.59 Å². The maximum Gasteiger partial charge on any atom is 0.317 e. The molecule has 1 heterocycles. The minimum Gasteiger partial charge on any atom is -0.497 e. The molecule has 3 aliphatic rings. The van der Waals surface area contributed by atoms with Gasteiger partial charge in [0.2, 0.25) is 5.91 Å². The Kier molecular flexibility index (Phi) is 7.03. The second-order valence-corrected chi connectivity index (χ2v) is 9.54. The molecule has 1 aromatic rings. The first-order valence-corrected chi connectivity index (χ1v) is 12.1. The molecule has 170 valence electrons. The first-order chi connectivity index (χ1) is 15.1. The van der Waals surface area contributed by atoms with Crippen molar-refractivity contribution in [2.24, 2.45) is 0 Å². The van der Waals surface area contributed by atoms with E-state index in [0.717, 1.165) is 62.7 Å². The van der Waals surface area contributed by atoms with E-state index in [1.165, 1.54) is 19.3 Å². The number of rotatable bonds is 5. The van der Waals surface area contributed by atoms with Crippen LogP contribution < -0.4 is 15.4 Å². The summed E-state index contributed by atoms with van der Waals surface area (Å²) in [5.41, 5.74) is 0.607. The van der Waals surface area contributed by atoms with Crippen LogP contribution in [0.2, 0.25) is 0 Å². The predicted molar refractivity (Wildman–Crippen MR) is 121 cm³/mol. The molecule has 31 heavy (non-hydrogen) atoms. The van der Waals surface area contributed by atoms with Crippen LogP contribution in [0.4, 0.5) is 4.79 Å². The number of nitrogens with zero attached hydrogens (tertiary/aromatic N) is 1. The highest BCUT2D eigenvalue weighted by atomic mass is 16.5. The Morgan fingerprint density at radius 2 is 1.61 bits per heavy atom. The van der Waals surface area contributed by atoms with Gasteiger partial charge in [0.25, 0.3) is 0 Å². The molecule has 6 nitrogen and oxygen atoms in total. The Labute approximate surface area is 186 Å². The number of urea groups is 1. The summed E-state index contributed by atoms with van der Waals surface area (Å²) >= 11 is 0. The summed E-state index contributed by atoms with van der Waals surface area (Å²) in [4.78, 5) is 28.0. The Bertz CT molecular complexity index is 761. The highest BCUT2D eigenvalue weighted by Crippen LogP contribution is 2.42. The number of ether oxygens (including phenoxy) is 1. The van der Waals surface area contributed by atoms with Gasteiger partial charge in [0, 0.05) is 25.2 Å². The number of carbonyl (C=O) groups excluding carboxylic acids is 2. The molecule has 1 aliphatic heterocycles. The highest BCUT2D eigenvalue weighted by Gasteiger charge is 2.43. The van der Waals surface area contributed by atoms with E-state index in [2.05, 4.69) is 16.7 Å². The Morgan fingerprint density at radius 3 is 2.29 bits per heavy atom. The summed E-state index contributed by atoms with van der Waals surface area (Å²) in [6.45, 7) is 1.41. The number of methoxy groups -OCH3 is 1. The smallest absolute Gasteiger partial charge is 0.317 e. The number of carbonyl (C=O) groups is 2. The van der Waals surface area contributed by atoms with E-state index in [-0.39, 0.29) is 18.0 Å². The van der Waals surface area contributed by atoms with Crippen molar-refractivity contribution in [3.8, 4) is 5.75 Å². The number of piperidine rings is 1. The van der Waals surface area contributed by atoms with Crippen LogP contribution in [0.25, 0.3) is 0 Å². The number of likely N-dealkylation sites (tertiary alicyclic amines) is 1. The zero-order chi connectivity index (χ0) is 21.7. The molecule has 1 saturated heterocycles. The molecule has 2 aliphatic carbocycles. The Morgan fingerprint density at radius 1 is 0.935 bits per heavy atom. The van der Waals surface area contributed by atoms with Crippen LogP contribution in [0.5, 0.6) is 5.75 Å². The summed E-state index contributed by atoms with van der Waals surface area (Å²) in [7, 11) is 1.67. The summed E-state index contributed by atoms with van der Waals surface area (Å²) in [5.74, 6) is 0.942. The summed E-state index contributed by atoms with van der Waals surface area (Å²) in [5, 5.41) is 6.56. The molecule has 0 unspecified atom stereocenters. The van der Waals surface area contributed by atoms with E-state index in [0.29, 0.717) is 19.1 Å². The van der Waals surface area contributed by atoms with Crippen molar-refractivity contribution in [1.82, 2.24) is 15.5 Å². The van der Waals surface area contributed by atoms with Crippen LogP contribution in [0.3, 0.4) is 0 Å². The number of benzene rings is 1. The first-order valence-electron chi connectivity index (χ1n) is 12.1. The summed E-state index contributed by atoms with van der Waals surface area (Å²) in [6, 6.07) is 8.52. The van der Waals surface area contributed by atoms with Crippen LogP contribution in [0.1, 0.15) is 76.2 Å². The number of amides is 3. The van der Waals surface area contributed by atoms with Crippen molar-refractivity contribution in [3.05, 3.63) is 29.8 Å². The maximum atomic E-state index is 13.5. The molecule has 3 amide bonds. The normalized spacial score (nSPS) is 22.2. The van der Waals surface area contributed by atoms with Crippen LogP contribution in [-0.2, 0) is 10.2 Å². The average molecular weight is 428 g/mol. The molecule has 4 rings (SSSR count). The molecule has 2 N–H and O–H groups in total. The number of hydrogen-bond donors (Lipinski definition) is 2. The van der Waals surface area contributed by atoms with Gasteiger partial charge in [-0.05, 0) is 56.2 Å². The van der Waals surface area contributed by atoms with Crippen molar-refractivity contribution in [2.75, 3.05) is 20.2 Å². The topological polar surface area (TPSA) is 70.7 Å². The average Bonchev–Trinajstić information content (AvgIpc) is 3.32. The van der Waals surface area contributed by atoms with Gasteiger partial charge < -0.3 is 20.3 Å². The fourth-order valence-electron chi connectivity index (χ4n) is 5.61. The van der Waals surface area contributed by atoms with Crippen LogP contribution >= 0.6 is 0 Å². The fourth-order valence-corrected chi connectivity index (χ4v) is 5.61. The van der Waals surface area contributed by atoms with Crippen molar-refractivity contribution in [1.29, 1.82) is 0 Å². The van der Waals surface area contributed by atoms with Gasteiger partial charge in [-0.15, -0.1) is 0 Å². The molecule has 6 heteroatoms. The van der Waals surface area contributed by atoms with E-state index in [1.807, 2.05) is 23.1 Å². The SMILES string of the molecule is COc1cccc(C2(C(=O)NC3CCN(C(=O)NC4CCCCC4)CC3)CCCC2)c1. The minimum atomic E-state index is -0.454. The minimum absolute atomic E-state index is 0.0697. The van der Waals surface area contributed by atoms with Gasteiger partial charge in [0.15, 0.2) is 0 Å². The van der Waals surface area contributed by atoms with Gasteiger partial charge in [-0.2, -0.15) is 0 Å². The maximum absolute atomic E-state index is 13.5. The van der Waals surface area contributed by atoms with E-state index in [1.54, 1.807) is 7.11 Å². The van der Waals surface area contributed by atoms with Crippen molar-refractivity contribution >= 4 is 11.9 Å². The summed E-state index contributed by atoms with van der Waals surface area (Å²) < 4.78 is 5.40. The lowest BCUT2D eigenvalue weighted by atomic mass is 9.77. The van der Waals surface area contributed by atoms with Crippen LogP contribution in [0.15, 0.2) is 24.3 Å². The predicted octanol–water partition coefficient (Wildman–Crippen LogP) is 4.13. The quantitative estimate of drug-likeness (QED) is 0.742. The zero-order valence-electron chi connectivity index (χ0n) is 18.8. The van der Waals surface area contributed by atoms with Gasteiger partial charge in [0.1, 0.15) is 5.75 Å². The molecule has 0 aromatic heterocycles. The van der Waals surface area contributed by atoms with Gasteiger partial charge in [-0.3, -0.25) is 4.79 Å². The Hall–Kier alpha value is -2.24. The number of nitrogens with one attached hydrogen (secondary N) is 2. The number of hydrogen-bond acceptors (Lipinski definition) is 3. The van der Waals surface area contributed by atoms with Crippen molar-refractivity contribution < 1.29 is 14.3 Å². The third-order valence-corrected chi connectivity index (χ3v) is 7.56. The molecule has 0 atom stereocenters. The van der Waals surface area contributed by atoms with Crippen LogP contribution in [-0.4, -0.2) is 49.1 Å². The van der Waals surface area contributed by atoms with Gasteiger partial charge >= 0.3 is 6.03 Å². The second-order valence-electron chi connectivity index (χ2n) is 9.54. The van der Waals surface area contributed by atoms with Crippen molar-refractivity contribution in [3.63, 3.8) is 0 Å². The molecule has 1 aromatic carbocycles. The Balaban J connectivity index is 1.32. The summed E-state index contributed by atoms with van der Waals surface area (Å²) in [6.07, 6.45) is 11.5. The zero-order valence-corrected chi connectivity index (χ0v) is 18.8. The van der Waals surface area contributed by atoms with E-state index in [4.69, 9.17) is 4.74 Å². The van der Waals surface area contributed by atoms with Crippen LogP contribution in [0, 0.1) is 0 Å². The van der Waals surface area contributed by atoms with Crippen molar-refractivity contribution in [2.45, 2.75) is 88.1 Å². The third-order valence-electron chi connectivity index (χ3n) is 7.56. The monoisotopic (exact) mass is 427 g/mol. The third kappa shape index (κ3) is 4.99. The first kappa shape index (κ1) is 22.0. The molecule has 0 spiro atoms. The largest absolute Gasteiger partial charge is 0.497 e. The van der Waals surface area contributed by atoms with Gasteiger partial charge in [0.05, 0.1) is 12.5 Å². The van der Waals surface area contributed by atoms with E-state index >= 15 is 0 Å². The highest BCUT2D eigenvalue weighted by molar-refractivity contribution is 5.89. The van der Waals surface area contributed by atoms with E-state index < -0.39 is 5.41 Å². The standard InChI is InChI=1S/C25H37N3O3/c1-31-22-11-7-8-19(18-22)25(14-5-6-15-25)23(29)26-21-12-16-28(17-13-21)24(30)27-20-9-3-2-4-10-20/h7-8,11,18,20-21H,2-6,9-10,12-17H2,1H3,(H,26,29)(H,27,30). The molecular formula is C25H37N3O3. The second kappa shape index (κ2) is 9.92. The fraction of sp³-hybridized carbons (Fsp3) is 0.680. The van der Waals surface area contributed by atoms with Gasteiger partial charge in [-0.25, -0.2) is 4.79 Å².